The number of rotatable bonds is 4. The van der Waals surface area contributed by atoms with Crippen molar-refractivity contribution in [3.8, 4) is 17.1 Å². The van der Waals surface area contributed by atoms with Crippen LogP contribution in [0.15, 0.2) is 52.0 Å². The Morgan fingerprint density at radius 3 is 2.83 bits per heavy atom. The SMILES string of the molecule is COc1ccc(/C=N\n2c(-c3ccccc3F)n[nH]c2=S)cc1Br. The Morgan fingerprint density at radius 1 is 1.33 bits per heavy atom. The summed E-state index contributed by atoms with van der Waals surface area (Å²) in [5, 5.41) is 11.0. The van der Waals surface area contributed by atoms with Crippen LogP contribution < -0.4 is 4.74 Å². The number of halogens is 2. The lowest BCUT2D eigenvalue weighted by Crippen LogP contribution is -1.97. The van der Waals surface area contributed by atoms with Crippen molar-refractivity contribution < 1.29 is 9.13 Å². The minimum absolute atomic E-state index is 0.275. The minimum Gasteiger partial charge on any atom is -0.496 e. The number of hydrogen-bond acceptors (Lipinski definition) is 4. The third kappa shape index (κ3) is 3.29. The molecule has 0 atom stereocenters. The van der Waals surface area contributed by atoms with Gasteiger partial charge in [0.15, 0.2) is 5.82 Å². The zero-order chi connectivity index (χ0) is 17.1. The number of benzene rings is 2. The molecular formula is C16H12BrFN4OS. The Balaban J connectivity index is 1.99. The Morgan fingerprint density at radius 2 is 2.12 bits per heavy atom. The van der Waals surface area contributed by atoms with E-state index in [-0.39, 0.29) is 4.77 Å². The van der Waals surface area contributed by atoms with Gasteiger partial charge in [-0.15, -0.1) is 0 Å². The van der Waals surface area contributed by atoms with Crippen LogP contribution in [0.1, 0.15) is 5.56 Å². The Bertz CT molecular complexity index is 967. The molecule has 1 N–H and O–H groups in total. The van der Waals surface area contributed by atoms with Crippen molar-refractivity contribution in [1.29, 1.82) is 0 Å². The van der Waals surface area contributed by atoms with E-state index in [4.69, 9.17) is 17.0 Å². The number of hydrogen-bond donors (Lipinski definition) is 1. The number of aromatic nitrogens is 3. The van der Waals surface area contributed by atoms with Crippen LogP contribution in [-0.2, 0) is 0 Å². The Kier molecular flexibility index (Phi) is 4.86. The molecule has 8 heteroatoms. The van der Waals surface area contributed by atoms with Crippen molar-refractivity contribution in [1.82, 2.24) is 14.9 Å². The molecule has 0 aliphatic rings. The first kappa shape index (κ1) is 16.5. The molecule has 0 saturated heterocycles. The topological polar surface area (TPSA) is 55.2 Å². The molecule has 1 aromatic heterocycles. The predicted molar refractivity (Wildman–Crippen MR) is 96.5 cm³/mol. The molecule has 0 aliphatic heterocycles. The largest absolute Gasteiger partial charge is 0.496 e. The minimum atomic E-state index is -0.393. The van der Waals surface area contributed by atoms with Crippen LogP contribution in [0.4, 0.5) is 4.39 Å². The summed E-state index contributed by atoms with van der Waals surface area (Å²) >= 11 is 8.60. The third-order valence-corrected chi connectivity index (χ3v) is 4.15. The summed E-state index contributed by atoms with van der Waals surface area (Å²) in [6, 6.07) is 11.8. The molecular weight excluding hydrogens is 395 g/mol. The van der Waals surface area contributed by atoms with E-state index in [0.29, 0.717) is 11.4 Å². The monoisotopic (exact) mass is 406 g/mol. The molecule has 0 spiro atoms. The lowest BCUT2D eigenvalue weighted by molar-refractivity contribution is 0.412. The summed E-state index contributed by atoms with van der Waals surface area (Å²) in [4.78, 5) is 0. The summed E-state index contributed by atoms with van der Waals surface area (Å²) in [6.45, 7) is 0. The highest BCUT2D eigenvalue weighted by atomic mass is 79.9. The zero-order valence-corrected chi connectivity index (χ0v) is 14.9. The van der Waals surface area contributed by atoms with E-state index >= 15 is 0 Å². The van der Waals surface area contributed by atoms with Gasteiger partial charge in [0.05, 0.1) is 23.4 Å². The van der Waals surface area contributed by atoms with Gasteiger partial charge < -0.3 is 4.74 Å². The molecule has 0 radical (unpaired) electrons. The molecule has 0 bridgehead atoms. The first-order chi connectivity index (χ1) is 11.6. The lowest BCUT2D eigenvalue weighted by atomic mass is 10.2. The molecule has 3 rings (SSSR count). The van der Waals surface area contributed by atoms with Crippen LogP contribution in [-0.4, -0.2) is 28.2 Å². The average Bonchev–Trinajstić information content (AvgIpc) is 2.94. The van der Waals surface area contributed by atoms with Crippen LogP contribution in [0, 0.1) is 10.6 Å². The van der Waals surface area contributed by atoms with Gasteiger partial charge >= 0.3 is 0 Å². The van der Waals surface area contributed by atoms with Crippen LogP contribution in [0.2, 0.25) is 0 Å². The van der Waals surface area contributed by atoms with Crippen molar-refractivity contribution >= 4 is 34.4 Å². The van der Waals surface area contributed by atoms with E-state index in [1.54, 1.807) is 31.5 Å². The van der Waals surface area contributed by atoms with Crippen molar-refractivity contribution in [3.05, 3.63) is 63.1 Å². The molecule has 5 nitrogen and oxygen atoms in total. The second-order valence-corrected chi connectivity index (χ2v) is 6.02. The Labute approximate surface area is 150 Å². The highest BCUT2D eigenvalue weighted by Gasteiger charge is 2.12. The number of nitrogens with one attached hydrogen (secondary N) is 1. The second-order valence-electron chi connectivity index (χ2n) is 4.78. The number of ether oxygens (including phenoxy) is 1. The van der Waals surface area contributed by atoms with Crippen molar-refractivity contribution in [2.45, 2.75) is 0 Å². The van der Waals surface area contributed by atoms with E-state index < -0.39 is 5.82 Å². The number of aromatic amines is 1. The fourth-order valence-electron chi connectivity index (χ4n) is 2.10. The number of H-pyrrole nitrogens is 1. The van der Waals surface area contributed by atoms with Gasteiger partial charge in [0, 0.05) is 0 Å². The maximum absolute atomic E-state index is 14.0. The van der Waals surface area contributed by atoms with Gasteiger partial charge in [-0.3, -0.25) is 0 Å². The van der Waals surface area contributed by atoms with Crippen LogP contribution in [0.5, 0.6) is 5.75 Å². The molecule has 0 saturated carbocycles. The van der Waals surface area contributed by atoms with Crippen molar-refractivity contribution in [2.75, 3.05) is 7.11 Å². The van der Waals surface area contributed by atoms with Gasteiger partial charge in [-0.1, -0.05) is 12.1 Å². The van der Waals surface area contributed by atoms with Gasteiger partial charge in [-0.25, -0.2) is 9.49 Å². The van der Waals surface area contributed by atoms with E-state index in [9.17, 15) is 4.39 Å². The fraction of sp³-hybridized carbons (Fsp3) is 0.0625. The van der Waals surface area contributed by atoms with Gasteiger partial charge in [-0.2, -0.15) is 14.9 Å². The fourth-order valence-corrected chi connectivity index (χ4v) is 2.84. The maximum atomic E-state index is 14.0. The van der Waals surface area contributed by atoms with Crippen molar-refractivity contribution in [3.63, 3.8) is 0 Å². The van der Waals surface area contributed by atoms with E-state index in [2.05, 4.69) is 31.2 Å². The van der Waals surface area contributed by atoms with Crippen LogP contribution in [0.3, 0.4) is 0 Å². The molecule has 1 heterocycles. The first-order valence-electron chi connectivity index (χ1n) is 6.90. The molecule has 2 aromatic carbocycles. The molecule has 122 valence electrons. The molecule has 24 heavy (non-hydrogen) atoms. The predicted octanol–water partition coefficient (Wildman–Crippen LogP) is 4.40. The summed E-state index contributed by atoms with van der Waals surface area (Å²) in [5.74, 6) is 0.635. The normalized spacial score (nSPS) is 11.1. The second kappa shape index (κ2) is 7.06. The van der Waals surface area contributed by atoms with E-state index in [0.717, 1.165) is 15.8 Å². The highest BCUT2D eigenvalue weighted by Crippen LogP contribution is 2.25. The zero-order valence-electron chi connectivity index (χ0n) is 12.5. The van der Waals surface area contributed by atoms with Gasteiger partial charge in [-0.05, 0) is 64.0 Å². The molecule has 0 unspecified atom stereocenters. The average molecular weight is 407 g/mol. The van der Waals surface area contributed by atoms with Crippen molar-refractivity contribution in [2.24, 2.45) is 5.10 Å². The molecule has 0 aliphatic carbocycles. The smallest absolute Gasteiger partial charge is 0.216 e. The highest BCUT2D eigenvalue weighted by molar-refractivity contribution is 9.10. The van der Waals surface area contributed by atoms with Crippen LogP contribution in [0.25, 0.3) is 11.4 Å². The van der Waals surface area contributed by atoms with Gasteiger partial charge in [0.2, 0.25) is 4.77 Å². The summed E-state index contributed by atoms with van der Waals surface area (Å²) < 4.78 is 21.6. The van der Waals surface area contributed by atoms with Gasteiger partial charge in [0.25, 0.3) is 0 Å². The summed E-state index contributed by atoms with van der Waals surface area (Å²) in [7, 11) is 1.60. The van der Waals surface area contributed by atoms with E-state index in [1.165, 1.54) is 10.7 Å². The van der Waals surface area contributed by atoms with E-state index in [1.807, 2.05) is 18.2 Å². The first-order valence-corrected chi connectivity index (χ1v) is 8.10. The summed E-state index contributed by atoms with van der Waals surface area (Å²) in [6.07, 6.45) is 1.61. The molecule has 0 amide bonds. The standard InChI is InChI=1S/C16H12BrFN4OS/c1-23-14-7-6-10(8-12(14)17)9-19-22-15(20-21-16(22)24)11-4-2-3-5-13(11)18/h2-9H,1H3,(H,21,24)/b19-9-. The molecule has 3 aromatic rings. The van der Waals surface area contributed by atoms with Gasteiger partial charge in [0.1, 0.15) is 11.6 Å². The lowest BCUT2D eigenvalue weighted by Gasteiger charge is -2.04. The molecule has 0 fully saturated rings. The number of nitrogens with zero attached hydrogens (tertiary/aromatic N) is 3. The number of methoxy groups -OCH3 is 1. The Hall–Kier alpha value is -2.32. The third-order valence-electron chi connectivity index (χ3n) is 3.26. The van der Waals surface area contributed by atoms with Crippen LogP contribution >= 0.6 is 28.1 Å². The summed E-state index contributed by atoms with van der Waals surface area (Å²) in [5.41, 5.74) is 1.14. The quantitative estimate of drug-likeness (QED) is 0.515. The maximum Gasteiger partial charge on any atom is 0.216 e.